The van der Waals surface area contributed by atoms with Gasteiger partial charge in [-0.3, -0.25) is 9.80 Å². The van der Waals surface area contributed by atoms with Crippen molar-refractivity contribution >= 4 is 0 Å². The van der Waals surface area contributed by atoms with Crippen LogP contribution in [-0.2, 0) is 0 Å². The fourth-order valence-electron chi connectivity index (χ4n) is 3.75. The van der Waals surface area contributed by atoms with Crippen molar-refractivity contribution in [3.8, 4) is 0 Å². The van der Waals surface area contributed by atoms with Crippen LogP contribution in [0, 0.1) is 0 Å². The molecular formula is C16H32N2O. The van der Waals surface area contributed by atoms with Crippen LogP contribution < -0.4 is 0 Å². The lowest BCUT2D eigenvalue weighted by atomic mass is 10.1. The van der Waals surface area contributed by atoms with E-state index < -0.39 is 0 Å². The van der Waals surface area contributed by atoms with Gasteiger partial charge in [-0.25, -0.2) is 0 Å². The Balaban J connectivity index is 1.72. The van der Waals surface area contributed by atoms with Gasteiger partial charge in [0.25, 0.3) is 0 Å². The summed E-state index contributed by atoms with van der Waals surface area (Å²) in [6, 6.07) is 1.20. The molecular weight excluding hydrogens is 236 g/mol. The highest BCUT2D eigenvalue weighted by Gasteiger charge is 2.30. The summed E-state index contributed by atoms with van der Waals surface area (Å²) in [7, 11) is 0. The Labute approximate surface area is 119 Å². The zero-order chi connectivity index (χ0) is 13.5. The average molecular weight is 268 g/mol. The Morgan fingerprint density at radius 3 is 2.42 bits per heavy atom. The number of aliphatic hydroxyl groups excluding tert-OH is 1. The Morgan fingerprint density at radius 1 is 0.947 bits per heavy atom. The summed E-state index contributed by atoms with van der Waals surface area (Å²) in [6.45, 7) is 7.62. The van der Waals surface area contributed by atoms with Crippen molar-refractivity contribution < 1.29 is 5.11 Å². The normalized spacial score (nSPS) is 29.4. The molecule has 2 aliphatic rings. The van der Waals surface area contributed by atoms with Crippen LogP contribution in [0.2, 0.25) is 0 Å². The highest BCUT2D eigenvalue weighted by Crippen LogP contribution is 2.23. The zero-order valence-electron chi connectivity index (χ0n) is 12.7. The van der Waals surface area contributed by atoms with E-state index in [0.717, 1.165) is 6.04 Å². The summed E-state index contributed by atoms with van der Waals surface area (Å²) in [5.41, 5.74) is 0. The van der Waals surface area contributed by atoms with Gasteiger partial charge in [-0.15, -0.1) is 0 Å². The third-order valence-corrected chi connectivity index (χ3v) is 4.95. The monoisotopic (exact) mass is 268 g/mol. The van der Waals surface area contributed by atoms with Crippen LogP contribution in [0.4, 0.5) is 0 Å². The van der Waals surface area contributed by atoms with Gasteiger partial charge in [-0.2, -0.15) is 0 Å². The molecule has 0 aromatic carbocycles. The summed E-state index contributed by atoms with van der Waals surface area (Å²) in [6.07, 6.45) is 10.7. The highest BCUT2D eigenvalue weighted by molar-refractivity contribution is 4.86. The molecule has 1 N–H and O–H groups in total. The topological polar surface area (TPSA) is 26.7 Å². The molecule has 2 heterocycles. The van der Waals surface area contributed by atoms with Gasteiger partial charge in [0.1, 0.15) is 0 Å². The molecule has 0 spiro atoms. The van der Waals surface area contributed by atoms with Gasteiger partial charge < -0.3 is 5.11 Å². The van der Waals surface area contributed by atoms with Gasteiger partial charge in [0.2, 0.25) is 0 Å². The van der Waals surface area contributed by atoms with E-state index in [1.165, 1.54) is 77.5 Å². The Hall–Kier alpha value is -0.120. The first-order chi connectivity index (χ1) is 9.35. The molecule has 0 aliphatic carbocycles. The van der Waals surface area contributed by atoms with Crippen molar-refractivity contribution in [1.29, 1.82) is 0 Å². The van der Waals surface area contributed by atoms with E-state index in [4.69, 9.17) is 0 Å². The number of likely N-dealkylation sites (tertiary alicyclic amines) is 2. The first-order valence-corrected chi connectivity index (χ1v) is 8.44. The van der Waals surface area contributed by atoms with E-state index in [1.807, 2.05) is 0 Å². The first-order valence-electron chi connectivity index (χ1n) is 8.44. The molecule has 0 aromatic heterocycles. The predicted molar refractivity (Wildman–Crippen MR) is 80.4 cm³/mol. The van der Waals surface area contributed by atoms with Crippen molar-refractivity contribution in [3.63, 3.8) is 0 Å². The summed E-state index contributed by atoms with van der Waals surface area (Å²) >= 11 is 0. The maximum atomic E-state index is 9.42. The van der Waals surface area contributed by atoms with E-state index in [1.54, 1.807) is 0 Å². The second-order valence-electron chi connectivity index (χ2n) is 6.37. The third-order valence-electron chi connectivity index (χ3n) is 4.95. The summed E-state index contributed by atoms with van der Waals surface area (Å²) < 4.78 is 0. The molecule has 0 bridgehead atoms. The third kappa shape index (κ3) is 4.44. The Bertz CT molecular complexity index is 247. The van der Waals surface area contributed by atoms with Crippen LogP contribution in [0.3, 0.4) is 0 Å². The van der Waals surface area contributed by atoms with Crippen molar-refractivity contribution in [2.45, 2.75) is 70.4 Å². The molecule has 112 valence electrons. The molecule has 0 amide bonds. The van der Waals surface area contributed by atoms with Crippen LogP contribution in [0.5, 0.6) is 0 Å². The van der Waals surface area contributed by atoms with E-state index in [9.17, 15) is 5.11 Å². The van der Waals surface area contributed by atoms with Crippen molar-refractivity contribution in [2.75, 3.05) is 32.8 Å². The fourth-order valence-corrected chi connectivity index (χ4v) is 3.75. The number of hydrogen-bond acceptors (Lipinski definition) is 3. The number of nitrogens with zero attached hydrogens (tertiary/aromatic N) is 2. The summed E-state index contributed by atoms with van der Waals surface area (Å²) in [5.74, 6) is 0. The summed E-state index contributed by atoms with van der Waals surface area (Å²) in [5, 5.41) is 9.42. The molecule has 19 heavy (non-hydrogen) atoms. The standard InChI is InChI=1S/C16H32N2O/c1-2-3-4-5-10-17-11-6-8-15(17)13-18-12-7-9-16(18)14-19/h15-16,19H,2-14H2,1H3. The minimum absolute atomic E-state index is 0.350. The lowest BCUT2D eigenvalue weighted by molar-refractivity contribution is 0.121. The minimum atomic E-state index is 0.350. The molecule has 0 aromatic rings. The van der Waals surface area contributed by atoms with Crippen LogP contribution in [0.15, 0.2) is 0 Å². The van der Waals surface area contributed by atoms with Crippen LogP contribution in [0.1, 0.15) is 58.3 Å². The largest absolute Gasteiger partial charge is 0.395 e. The molecule has 0 radical (unpaired) electrons. The molecule has 3 nitrogen and oxygen atoms in total. The van der Waals surface area contributed by atoms with E-state index in [0.29, 0.717) is 12.6 Å². The van der Waals surface area contributed by atoms with Gasteiger partial charge in [0.05, 0.1) is 6.61 Å². The molecule has 2 unspecified atom stereocenters. The minimum Gasteiger partial charge on any atom is -0.395 e. The average Bonchev–Trinajstić information content (AvgIpc) is 3.04. The second-order valence-corrected chi connectivity index (χ2v) is 6.37. The van der Waals surface area contributed by atoms with E-state index >= 15 is 0 Å². The fraction of sp³-hybridized carbons (Fsp3) is 1.00. The first kappa shape index (κ1) is 15.3. The van der Waals surface area contributed by atoms with Crippen molar-refractivity contribution in [3.05, 3.63) is 0 Å². The summed E-state index contributed by atoms with van der Waals surface area (Å²) in [4.78, 5) is 5.25. The maximum Gasteiger partial charge on any atom is 0.0586 e. The Kier molecular flexibility index (Phi) is 6.62. The van der Waals surface area contributed by atoms with Gasteiger partial charge in [-0.05, 0) is 51.7 Å². The number of unbranched alkanes of at least 4 members (excludes halogenated alkanes) is 3. The van der Waals surface area contributed by atoms with E-state index in [2.05, 4.69) is 16.7 Å². The highest BCUT2D eigenvalue weighted by atomic mass is 16.3. The number of aliphatic hydroxyl groups is 1. The molecule has 2 saturated heterocycles. The number of rotatable bonds is 8. The van der Waals surface area contributed by atoms with Crippen LogP contribution in [-0.4, -0.2) is 59.8 Å². The van der Waals surface area contributed by atoms with Gasteiger partial charge in [0, 0.05) is 18.6 Å². The zero-order valence-corrected chi connectivity index (χ0v) is 12.7. The molecule has 2 rings (SSSR count). The van der Waals surface area contributed by atoms with Crippen LogP contribution >= 0.6 is 0 Å². The second kappa shape index (κ2) is 8.23. The van der Waals surface area contributed by atoms with Gasteiger partial charge >= 0.3 is 0 Å². The molecule has 3 heteroatoms. The smallest absolute Gasteiger partial charge is 0.0586 e. The SMILES string of the molecule is CCCCCCN1CCCC1CN1CCCC1CO. The van der Waals surface area contributed by atoms with Gasteiger partial charge in [0.15, 0.2) is 0 Å². The molecule has 0 saturated carbocycles. The number of hydrogen-bond donors (Lipinski definition) is 1. The Morgan fingerprint density at radius 2 is 1.68 bits per heavy atom. The van der Waals surface area contributed by atoms with E-state index in [-0.39, 0.29) is 0 Å². The predicted octanol–water partition coefficient (Wildman–Crippen LogP) is 2.49. The van der Waals surface area contributed by atoms with Crippen molar-refractivity contribution in [1.82, 2.24) is 9.80 Å². The molecule has 2 fully saturated rings. The lowest BCUT2D eigenvalue weighted by Gasteiger charge is -2.31. The van der Waals surface area contributed by atoms with Crippen LogP contribution in [0.25, 0.3) is 0 Å². The molecule has 2 atom stereocenters. The molecule has 2 aliphatic heterocycles. The van der Waals surface area contributed by atoms with Gasteiger partial charge in [-0.1, -0.05) is 26.2 Å². The maximum absolute atomic E-state index is 9.42. The quantitative estimate of drug-likeness (QED) is 0.685. The lowest BCUT2D eigenvalue weighted by Crippen LogP contribution is -2.43. The van der Waals surface area contributed by atoms with Crippen molar-refractivity contribution in [2.24, 2.45) is 0 Å².